The first-order chi connectivity index (χ1) is 9.83. The van der Waals surface area contributed by atoms with Crippen LogP contribution in [0.1, 0.15) is 20.3 Å². The largest absolute Gasteiger partial charge is 0.465 e. The Morgan fingerprint density at radius 1 is 1.38 bits per heavy atom. The molecule has 1 N–H and O–H groups in total. The van der Waals surface area contributed by atoms with Crippen molar-refractivity contribution in [2.45, 2.75) is 26.3 Å². The second-order valence-electron chi connectivity index (χ2n) is 4.21. The van der Waals surface area contributed by atoms with Gasteiger partial charge in [0.05, 0.1) is 13.2 Å². The van der Waals surface area contributed by atoms with Crippen LogP contribution >= 0.6 is 7.60 Å². The van der Waals surface area contributed by atoms with E-state index in [1.807, 2.05) is 0 Å². The molecule has 0 radical (unpaired) electrons. The van der Waals surface area contributed by atoms with Crippen molar-refractivity contribution in [2.24, 2.45) is 0 Å². The van der Waals surface area contributed by atoms with Gasteiger partial charge >= 0.3 is 19.7 Å². The van der Waals surface area contributed by atoms with Crippen LogP contribution in [0.15, 0.2) is 0 Å². The Kier molecular flexibility index (Phi) is 6.32. The van der Waals surface area contributed by atoms with Crippen molar-refractivity contribution >= 4 is 25.4 Å². The maximum Gasteiger partial charge on any atom is 0.410 e. The zero-order chi connectivity index (χ0) is 16.0. The summed E-state index contributed by atoms with van der Waals surface area (Å²) in [5, 5.41) is 8.89. The second-order valence-corrected chi connectivity index (χ2v) is 6.26. The molecule has 21 heavy (non-hydrogen) atoms. The van der Waals surface area contributed by atoms with Gasteiger partial charge < -0.3 is 18.9 Å². The molecule has 1 amide bonds. The zero-order valence-corrected chi connectivity index (χ0v) is 12.7. The molecule has 1 fully saturated rings. The van der Waals surface area contributed by atoms with Gasteiger partial charge in [0.15, 0.2) is 6.73 Å². The van der Waals surface area contributed by atoms with Crippen molar-refractivity contribution in [3.05, 3.63) is 0 Å². The monoisotopic (exact) mass is 323 g/mol. The molecule has 1 aliphatic rings. The fourth-order valence-corrected chi connectivity index (χ4v) is 3.45. The summed E-state index contributed by atoms with van der Waals surface area (Å²) in [5.74, 6) is -1.39. The van der Waals surface area contributed by atoms with Crippen LogP contribution in [-0.4, -0.2) is 60.0 Å². The number of nitrogens with zero attached hydrogens (tertiary/aromatic N) is 1. The second kappa shape index (κ2) is 7.53. The summed E-state index contributed by atoms with van der Waals surface area (Å²) < 4.78 is 26.7. The van der Waals surface area contributed by atoms with Gasteiger partial charge in [-0.2, -0.15) is 0 Å². The number of carboxylic acid groups (broad SMARTS) is 1. The Labute approximate surface area is 121 Å². The van der Waals surface area contributed by atoms with E-state index in [1.165, 1.54) is 0 Å². The number of carbonyl (C=O) groups is 3. The first kappa shape index (κ1) is 17.6. The van der Waals surface area contributed by atoms with Gasteiger partial charge in [0, 0.05) is 6.42 Å². The summed E-state index contributed by atoms with van der Waals surface area (Å²) in [7, 11) is -3.56. The lowest BCUT2D eigenvalue weighted by Gasteiger charge is -2.18. The minimum Gasteiger partial charge on any atom is -0.465 e. The molecule has 0 unspecified atom stereocenters. The summed E-state index contributed by atoms with van der Waals surface area (Å²) in [5.41, 5.74) is 0. The normalized spacial score (nSPS) is 18.7. The Hall–Kier alpha value is -1.44. The van der Waals surface area contributed by atoms with Crippen molar-refractivity contribution in [1.82, 2.24) is 4.90 Å². The van der Waals surface area contributed by atoms with Crippen molar-refractivity contribution in [3.8, 4) is 0 Å². The highest BCUT2D eigenvalue weighted by molar-refractivity contribution is 7.54. The van der Waals surface area contributed by atoms with E-state index in [9.17, 15) is 18.9 Å². The molecule has 0 saturated carbocycles. The molecule has 1 saturated heterocycles. The van der Waals surface area contributed by atoms with Crippen LogP contribution in [0, 0.1) is 0 Å². The Morgan fingerprint density at radius 2 is 1.95 bits per heavy atom. The van der Waals surface area contributed by atoms with E-state index < -0.39 is 50.8 Å². The Morgan fingerprint density at radius 3 is 2.43 bits per heavy atom. The number of carbonyl (C=O) groups excluding carboxylic acids is 2. The van der Waals surface area contributed by atoms with E-state index in [4.69, 9.17) is 14.2 Å². The van der Waals surface area contributed by atoms with Crippen LogP contribution in [0.4, 0.5) is 4.79 Å². The van der Waals surface area contributed by atoms with E-state index >= 15 is 0 Å². The zero-order valence-electron chi connectivity index (χ0n) is 11.8. The molecule has 0 spiro atoms. The number of esters is 1. The number of Topliss-reactive ketones (excluding diaryl/α,β-unsaturated/α-hetero) is 1. The highest BCUT2D eigenvalue weighted by Crippen LogP contribution is 2.48. The highest BCUT2D eigenvalue weighted by Gasteiger charge is 2.40. The number of amides is 1. The van der Waals surface area contributed by atoms with Gasteiger partial charge in [-0.1, -0.05) is 0 Å². The van der Waals surface area contributed by atoms with Crippen molar-refractivity contribution in [3.63, 3.8) is 0 Å². The van der Waals surface area contributed by atoms with Crippen LogP contribution in [-0.2, 0) is 27.9 Å². The number of hydrogen-bond acceptors (Lipinski definition) is 7. The first-order valence-corrected chi connectivity index (χ1v) is 8.11. The van der Waals surface area contributed by atoms with E-state index in [0.717, 1.165) is 0 Å². The standard InChI is InChI=1S/C11H18NO8P/c1-3-19-21(17,20-4-2)6-8(13)5-9-10(14)18-7-12(9)11(15)16/h9H,3-7H2,1-2H3,(H,15,16)/t9-/m1/s1. The summed E-state index contributed by atoms with van der Waals surface area (Å²) in [4.78, 5) is 35.0. The minimum atomic E-state index is -3.56. The maximum absolute atomic E-state index is 12.2. The quantitative estimate of drug-likeness (QED) is 0.520. The van der Waals surface area contributed by atoms with Gasteiger partial charge in [-0.05, 0) is 13.8 Å². The third kappa shape index (κ3) is 4.80. The molecule has 1 aliphatic heterocycles. The van der Waals surface area contributed by atoms with Crippen molar-refractivity contribution < 1.29 is 37.8 Å². The molecular weight excluding hydrogens is 305 g/mol. The summed E-state index contributed by atoms with van der Waals surface area (Å²) in [6, 6.07) is -1.22. The average molecular weight is 323 g/mol. The smallest absolute Gasteiger partial charge is 0.410 e. The predicted molar refractivity (Wildman–Crippen MR) is 70.0 cm³/mol. The lowest BCUT2D eigenvalue weighted by atomic mass is 10.1. The topological polar surface area (TPSA) is 119 Å². The fourth-order valence-electron chi connectivity index (χ4n) is 1.85. The van der Waals surface area contributed by atoms with Crippen LogP contribution in [0.5, 0.6) is 0 Å². The summed E-state index contributed by atoms with van der Waals surface area (Å²) in [6.07, 6.45) is -2.29. The molecule has 0 aromatic heterocycles. The van der Waals surface area contributed by atoms with Crippen LogP contribution in [0.3, 0.4) is 0 Å². The number of cyclic esters (lactones) is 1. The summed E-state index contributed by atoms with van der Waals surface area (Å²) in [6.45, 7) is 3.02. The maximum atomic E-state index is 12.2. The molecular formula is C11H18NO8P. The highest BCUT2D eigenvalue weighted by atomic mass is 31.2. The molecule has 0 aliphatic carbocycles. The Balaban J connectivity index is 2.69. The third-order valence-electron chi connectivity index (χ3n) is 2.68. The molecule has 1 atom stereocenters. The molecule has 0 aromatic carbocycles. The molecule has 1 rings (SSSR count). The van der Waals surface area contributed by atoms with Gasteiger partial charge in [-0.15, -0.1) is 0 Å². The molecule has 0 aromatic rings. The van der Waals surface area contributed by atoms with E-state index in [1.54, 1.807) is 13.8 Å². The lowest BCUT2D eigenvalue weighted by molar-refractivity contribution is -0.140. The van der Waals surface area contributed by atoms with E-state index in [-0.39, 0.29) is 13.2 Å². The van der Waals surface area contributed by atoms with E-state index in [0.29, 0.717) is 4.90 Å². The predicted octanol–water partition coefficient (Wildman–Crippen LogP) is 1.07. The minimum absolute atomic E-state index is 0.108. The molecule has 10 heteroatoms. The van der Waals surface area contributed by atoms with Crippen LogP contribution < -0.4 is 0 Å². The summed E-state index contributed by atoms with van der Waals surface area (Å²) >= 11 is 0. The van der Waals surface area contributed by atoms with Crippen LogP contribution in [0.25, 0.3) is 0 Å². The van der Waals surface area contributed by atoms with Gasteiger partial charge in [0.2, 0.25) is 0 Å². The molecule has 9 nitrogen and oxygen atoms in total. The third-order valence-corrected chi connectivity index (χ3v) is 4.73. The number of rotatable bonds is 8. The van der Waals surface area contributed by atoms with Gasteiger partial charge in [0.25, 0.3) is 0 Å². The first-order valence-electron chi connectivity index (χ1n) is 6.39. The molecule has 120 valence electrons. The van der Waals surface area contributed by atoms with Crippen molar-refractivity contribution in [1.29, 1.82) is 0 Å². The number of ether oxygens (including phenoxy) is 1. The van der Waals surface area contributed by atoms with Gasteiger partial charge in [0.1, 0.15) is 18.0 Å². The van der Waals surface area contributed by atoms with Crippen molar-refractivity contribution in [2.75, 3.05) is 26.1 Å². The molecule has 0 bridgehead atoms. The van der Waals surface area contributed by atoms with Crippen LogP contribution in [0.2, 0.25) is 0 Å². The average Bonchev–Trinajstić information content (AvgIpc) is 2.71. The van der Waals surface area contributed by atoms with E-state index in [2.05, 4.69) is 4.74 Å². The lowest BCUT2D eigenvalue weighted by Crippen LogP contribution is -2.39. The van der Waals surface area contributed by atoms with Gasteiger partial charge in [-0.3, -0.25) is 14.3 Å². The van der Waals surface area contributed by atoms with Gasteiger partial charge in [-0.25, -0.2) is 9.59 Å². The number of hydrogen-bond donors (Lipinski definition) is 1. The Bertz CT molecular complexity index is 455. The number of ketones is 1. The fraction of sp³-hybridized carbons (Fsp3) is 0.727. The SMILES string of the molecule is CCOP(=O)(CC(=O)C[C@@H]1C(=O)OCN1C(=O)O)OCC. The molecule has 1 heterocycles.